The molecule has 0 atom stereocenters. The molecule has 1 N–H and O–H groups in total. The Morgan fingerprint density at radius 1 is 1.08 bits per heavy atom. The third-order valence-electron chi connectivity index (χ3n) is 3.33. The van der Waals surface area contributed by atoms with E-state index in [4.69, 9.17) is 0 Å². The monoisotopic (exact) mass is 341 g/mol. The van der Waals surface area contributed by atoms with Crippen LogP contribution in [-0.2, 0) is 11.3 Å². The first kappa shape index (κ1) is 17.7. The van der Waals surface area contributed by atoms with Gasteiger partial charge in [0.2, 0.25) is 17.5 Å². The highest BCUT2D eigenvalue weighted by molar-refractivity contribution is 5.76. The standard InChI is InChI=1S/C16H15F4N3O/c1-23(9-10-5-3-2-4-6-10)11(24)7-8-21-14-12(17)15(19)22-16(20)13(14)18/h2-6H,7-9H2,1H3,(H,21,22). The molecule has 1 aromatic carbocycles. The van der Waals surface area contributed by atoms with Gasteiger partial charge in [0.15, 0.2) is 0 Å². The second kappa shape index (κ2) is 7.76. The number of carbonyl (C=O) groups is 1. The second-order valence-corrected chi connectivity index (χ2v) is 5.11. The fraction of sp³-hybridized carbons (Fsp3) is 0.250. The highest BCUT2D eigenvalue weighted by Gasteiger charge is 2.20. The molecule has 0 spiro atoms. The minimum absolute atomic E-state index is 0.103. The van der Waals surface area contributed by atoms with Crippen molar-refractivity contribution in [2.24, 2.45) is 0 Å². The Bertz CT molecular complexity index is 699. The summed E-state index contributed by atoms with van der Waals surface area (Å²) in [5.41, 5.74) is -0.0461. The van der Waals surface area contributed by atoms with Gasteiger partial charge < -0.3 is 10.2 Å². The van der Waals surface area contributed by atoms with Crippen LogP contribution in [0.4, 0.5) is 23.2 Å². The summed E-state index contributed by atoms with van der Waals surface area (Å²) >= 11 is 0. The van der Waals surface area contributed by atoms with Crippen molar-refractivity contribution < 1.29 is 22.4 Å². The smallest absolute Gasteiger partial charge is 0.253 e. The Morgan fingerprint density at radius 3 is 2.25 bits per heavy atom. The maximum absolute atomic E-state index is 13.4. The largest absolute Gasteiger partial charge is 0.379 e. The number of anilines is 1. The molecular weight excluding hydrogens is 326 g/mol. The maximum atomic E-state index is 13.4. The van der Waals surface area contributed by atoms with Crippen molar-refractivity contribution in [2.45, 2.75) is 13.0 Å². The van der Waals surface area contributed by atoms with Crippen molar-refractivity contribution in [1.82, 2.24) is 9.88 Å². The van der Waals surface area contributed by atoms with Crippen molar-refractivity contribution >= 4 is 11.6 Å². The van der Waals surface area contributed by atoms with E-state index in [0.717, 1.165) is 5.56 Å². The summed E-state index contributed by atoms with van der Waals surface area (Å²) < 4.78 is 52.8. The molecule has 0 fully saturated rings. The Balaban J connectivity index is 1.91. The molecule has 1 heterocycles. The molecule has 0 aliphatic carbocycles. The van der Waals surface area contributed by atoms with Crippen LogP contribution in [0, 0.1) is 23.5 Å². The molecule has 0 unspecified atom stereocenters. The van der Waals surface area contributed by atoms with Crippen LogP contribution in [0.2, 0.25) is 0 Å². The van der Waals surface area contributed by atoms with E-state index in [0.29, 0.717) is 6.54 Å². The van der Waals surface area contributed by atoms with Crippen LogP contribution in [0.5, 0.6) is 0 Å². The van der Waals surface area contributed by atoms with Crippen molar-refractivity contribution in [1.29, 1.82) is 0 Å². The second-order valence-electron chi connectivity index (χ2n) is 5.11. The molecule has 8 heteroatoms. The van der Waals surface area contributed by atoms with Gasteiger partial charge in [0, 0.05) is 26.6 Å². The van der Waals surface area contributed by atoms with E-state index in [1.807, 2.05) is 30.3 Å². The molecule has 1 amide bonds. The van der Waals surface area contributed by atoms with Gasteiger partial charge in [-0.3, -0.25) is 4.79 Å². The Hall–Kier alpha value is -2.64. The molecular formula is C16H15F4N3O. The number of benzene rings is 1. The fourth-order valence-electron chi connectivity index (χ4n) is 2.07. The van der Waals surface area contributed by atoms with Crippen molar-refractivity contribution in [3.63, 3.8) is 0 Å². The molecule has 0 saturated carbocycles. The van der Waals surface area contributed by atoms with Crippen LogP contribution in [0.1, 0.15) is 12.0 Å². The summed E-state index contributed by atoms with van der Waals surface area (Å²) in [7, 11) is 1.59. The summed E-state index contributed by atoms with van der Waals surface area (Å²) in [5, 5.41) is 2.20. The first-order valence-corrected chi connectivity index (χ1v) is 7.12. The number of halogens is 4. The van der Waals surface area contributed by atoms with Gasteiger partial charge in [0.1, 0.15) is 5.69 Å². The van der Waals surface area contributed by atoms with Gasteiger partial charge in [-0.05, 0) is 5.56 Å². The molecule has 2 aromatic rings. The predicted molar refractivity (Wildman–Crippen MR) is 80.1 cm³/mol. The molecule has 0 radical (unpaired) electrons. The number of aromatic nitrogens is 1. The first-order valence-electron chi connectivity index (χ1n) is 7.12. The van der Waals surface area contributed by atoms with E-state index in [1.54, 1.807) is 7.05 Å². The lowest BCUT2D eigenvalue weighted by Crippen LogP contribution is -2.28. The van der Waals surface area contributed by atoms with Gasteiger partial charge in [-0.1, -0.05) is 30.3 Å². The Labute approximate surface area is 136 Å². The van der Waals surface area contributed by atoms with Crippen LogP contribution in [0.25, 0.3) is 0 Å². The molecule has 0 aliphatic heterocycles. The summed E-state index contributed by atoms with van der Waals surface area (Å²) in [6.45, 7) is 0.190. The zero-order valence-electron chi connectivity index (χ0n) is 12.8. The lowest BCUT2D eigenvalue weighted by molar-refractivity contribution is -0.130. The number of nitrogens with one attached hydrogen (secondary N) is 1. The predicted octanol–water partition coefficient (Wildman–Crippen LogP) is 3.10. The Morgan fingerprint density at radius 2 is 1.67 bits per heavy atom. The number of carbonyl (C=O) groups excluding carboxylic acids is 1. The van der Waals surface area contributed by atoms with Crippen molar-refractivity contribution in [2.75, 3.05) is 18.9 Å². The van der Waals surface area contributed by atoms with Crippen LogP contribution in [0.3, 0.4) is 0 Å². The lowest BCUT2D eigenvalue weighted by Gasteiger charge is -2.17. The molecule has 24 heavy (non-hydrogen) atoms. The maximum Gasteiger partial charge on any atom is 0.253 e. The van der Waals surface area contributed by atoms with Crippen molar-refractivity contribution in [3.05, 3.63) is 59.4 Å². The first-order chi connectivity index (χ1) is 11.4. The minimum Gasteiger partial charge on any atom is -0.379 e. The topological polar surface area (TPSA) is 45.2 Å². The van der Waals surface area contributed by atoms with Gasteiger partial charge in [-0.2, -0.15) is 22.5 Å². The SMILES string of the molecule is CN(Cc1ccccc1)C(=O)CCNc1c(F)c(F)nc(F)c1F. The third kappa shape index (κ3) is 4.21. The van der Waals surface area contributed by atoms with Gasteiger partial charge in [-0.25, -0.2) is 0 Å². The summed E-state index contributed by atoms with van der Waals surface area (Å²) in [6, 6.07) is 9.25. The summed E-state index contributed by atoms with van der Waals surface area (Å²) in [5.74, 6) is -7.03. The molecule has 1 aromatic heterocycles. The number of hydrogen-bond donors (Lipinski definition) is 1. The van der Waals surface area contributed by atoms with Crippen LogP contribution < -0.4 is 5.32 Å². The van der Waals surface area contributed by atoms with E-state index >= 15 is 0 Å². The molecule has 0 aliphatic rings. The lowest BCUT2D eigenvalue weighted by atomic mass is 10.2. The van der Waals surface area contributed by atoms with Gasteiger partial charge in [0.25, 0.3) is 11.9 Å². The zero-order chi connectivity index (χ0) is 17.7. The molecule has 2 rings (SSSR count). The minimum atomic E-state index is -1.75. The van der Waals surface area contributed by atoms with Crippen LogP contribution in [-0.4, -0.2) is 29.4 Å². The van der Waals surface area contributed by atoms with Crippen LogP contribution >= 0.6 is 0 Å². The van der Waals surface area contributed by atoms with E-state index in [2.05, 4.69) is 10.3 Å². The number of amides is 1. The van der Waals surface area contributed by atoms with E-state index in [1.165, 1.54) is 4.90 Å². The fourth-order valence-corrected chi connectivity index (χ4v) is 2.07. The average Bonchev–Trinajstić information content (AvgIpc) is 2.57. The molecule has 0 bridgehead atoms. The average molecular weight is 341 g/mol. The number of rotatable bonds is 6. The highest BCUT2D eigenvalue weighted by atomic mass is 19.2. The quantitative estimate of drug-likeness (QED) is 0.649. The number of pyridine rings is 1. The Kier molecular flexibility index (Phi) is 5.73. The molecule has 4 nitrogen and oxygen atoms in total. The van der Waals surface area contributed by atoms with Crippen LogP contribution in [0.15, 0.2) is 30.3 Å². The summed E-state index contributed by atoms with van der Waals surface area (Å²) in [4.78, 5) is 15.9. The third-order valence-corrected chi connectivity index (χ3v) is 3.33. The van der Waals surface area contributed by atoms with Crippen molar-refractivity contribution in [3.8, 4) is 0 Å². The number of nitrogens with zero attached hydrogens (tertiary/aromatic N) is 2. The van der Waals surface area contributed by atoms with Gasteiger partial charge in [-0.15, -0.1) is 0 Å². The summed E-state index contributed by atoms with van der Waals surface area (Å²) in [6.07, 6.45) is -0.103. The van der Waals surface area contributed by atoms with Gasteiger partial charge in [0.05, 0.1) is 0 Å². The van der Waals surface area contributed by atoms with Gasteiger partial charge >= 0.3 is 0 Å². The number of hydrogen-bond acceptors (Lipinski definition) is 3. The molecule has 0 saturated heterocycles. The zero-order valence-corrected chi connectivity index (χ0v) is 12.8. The van der Waals surface area contributed by atoms with E-state index in [9.17, 15) is 22.4 Å². The normalized spacial score (nSPS) is 10.5. The van der Waals surface area contributed by atoms with E-state index < -0.39 is 29.2 Å². The highest BCUT2D eigenvalue weighted by Crippen LogP contribution is 2.21. The molecule has 128 valence electrons. The van der Waals surface area contributed by atoms with E-state index in [-0.39, 0.29) is 18.9 Å².